The molecule has 2 aromatic carbocycles. The molecule has 0 heterocycles. The SMILES string of the molecule is O=S(=O)(C1=CC2C=C(S(=O)(=O)c3ccccc3)CC2C1)c1ccccc1. The quantitative estimate of drug-likeness (QED) is 0.803. The maximum absolute atomic E-state index is 12.8. The highest BCUT2D eigenvalue weighted by Gasteiger charge is 2.40. The molecule has 4 rings (SSSR count). The molecule has 2 aromatic rings. The van der Waals surface area contributed by atoms with E-state index in [1.165, 1.54) is 0 Å². The molecule has 0 radical (unpaired) electrons. The van der Waals surface area contributed by atoms with E-state index in [0.29, 0.717) is 22.7 Å². The molecule has 0 N–H and O–H groups in total. The minimum Gasteiger partial charge on any atom is -0.219 e. The molecule has 0 saturated carbocycles. The Bertz CT molecular complexity index is 1010. The van der Waals surface area contributed by atoms with E-state index < -0.39 is 19.7 Å². The molecule has 6 heteroatoms. The lowest BCUT2D eigenvalue weighted by molar-refractivity contribution is 0.518. The number of sulfone groups is 2. The molecule has 2 aliphatic carbocycles. The number of hydrogen-bond donors (Lipinski definition) is 0. The van der Waals surface area contributed by atoms with Crippen LogP contribution in [-0.2, 0) is 19.7 Å². The molecule has 0 bridgehead atoms. The number of allylic oxidation sites excluding steroid dienone is 4. The van der Waals surface area contributed by atoms with Gasteiger partial charge < -0.3 is 0 Å². The normalized spacial score (nSPS) is 22.6. The third-order valence-corrected chi connectivity index (χ3v) is 8.80. The Morgan fingerprint density at radius 1 is 0.615 bits per heavy atom. The molecule has 0 saturated heterocycles. The third-order valence-electron chi connectivity index (χ3n) is 5.03. The maximum Gasteiger partial charge on any atom is 0.202 e. The molecule has 134 valence electrons. The molecule has 2 aliphatic rings. The molecular weight excluding hydrogens is 368 g/mol. The summed E-state index contributed by atoms with van der Waals surface area (Å²) < 4.78 is 51.0. The Kier molecular flexibility index (Phi) is 4.12. The first kappa shape index (κ1) is 17.2. The van der Waals surface area contributed by atoms with E-state index in [1.54, 1.807) is 72.8 Å². The zero-order valence-corrected chi connectivity index (χ0v) is 15.6. The maximum atomic E-state index is 12.8. The summed E-state index contributed by atoms with van der Waals surface area (Å²) in [5, 5.41) is 0. The lowest BCUT2D eigenvalue weighted by Gasteiger charge is -2.10. The molecule has 0 aromatic heterocycles. The van der Waals surface area contributed by atoms with E-state index in [9.17, 15) is 16.8 Å². The van der Waals surface area contributed by atoms with Crippen molar-refractivity contribution >= 4 is 19.7 Å². The largest absolute Gasteiger partial charge is 0.219 e. The minimum atomic E-state index is -3.50. The van der Waals surface area contributed by atoms with Gasteiger partial charge in [0.1, 0.15) is 0 Å². The Morgan fingerprint density at radius 2 is 1.00 bits per heavy atom. The predicted molar refractivity (Wildman–Crippen MR) is 99.6 cm³/mol. The molecule has 0 amide bonds. The number of rotatable bonds is 4. The summed E-state index contributed by atoms with van der Waals surface area (Å²) in [5.74, 6) is -0.144. The molecule has 4 nitrogen and oxygen atoms in total. The van der Waals surface area contributed by atoms with Gasteiger partial charge in [0.2, 0.25) is 19.7 Å². The molecule has 0 atom stereocenters. The molecule has 0 unspecified atom stereocenters. The van der Waals surface area contributed by atoms with Crippen LogP contribution in [0.4, 0.5) is 0 Å². The van der Waals surface area contributed by atoms with Crippen molar-refractivity contribution in [1.29, 1.82) is 0 Å². The molecule has 0 fully saturated rings. The summed E-state index contributed by atoms with van der Waals surface area (Å²) in [6.45, 7) is 0. The van der Waals surface area contributed by atoms with E-state index in [1.807, 2.05) is 0 Å². The number of fused-ring (bicyclic) bond motifs is 1. The second kappa shape index (κ2) is 6.21. The van der Waals surface area contributed by atoms with Crippen molar-refractivity contribution in [2.24, 2.45) is 11.8 Å². The average Bonchev–Trinajstić information content (AvgIpc) is 3.23. The van der Waals surface area contributed by atoms with Crippen LogP contribution in [-0.4, -0.2) is 16.8 Å². The van der Waals surface area contributed by atoms with Crippen molar-refractivity contribution in [3.63, 3.8) is 0 Å². The van der Waals surface area contributed by atoms with Gasteiger partial charge in [-0.1, -0.05) is 48.6 Å². The van der Waals surface area contributed by atoms with Crippen LogP contribution in [0.15, 0.2) is 92.4 Å². The van der Waals surface area contributed by atoms with Crippen molar-refractivity contribution in [1.82, 2.24) is 0 Å². The number of benzene rings is 2. The van der Waals surface area contributed by atoms with E-state index >= 15 is 0 Å². The molecule has 0 aliphatic heterocycles. The predicted octanol–water partition coefficient (Wildman–Crippen LogP) is 3.74. The molecule has 26 heavy (non-hydrogen) atoms. The second-order valence-corrected chi connectivity index (χ2v) is 10.6. The van der Waals surface area contributed by atoms with E-state index in [0.717, 1.165) is 0 Å². The highest BCUT2D eigenvalue weighted by atomic mass is 32.2. The van der Waals surface area contributed by atoms with Crippen LogP contribution in [0.1, 0.15) is 12.8 Å². The van der Waals surface area contributed by atoms with Crippen LogP contribution in [0.25, 0.3) is 0 Å². The Morgan fingerprint density at radius 3 is 1.35 bits per heavy atom. The van der Waals surface area contributed by atoms with Gasteiger partial charge in [0, 0.05) is 15.7 Å². The summed E-state index contributed by atoms with van der Waals surface area (Å²) in [6.07, 6.45) is 4.21. The highest BCUT2D eigenvalue weighted by Crippen LogP contribution is 2.46. The first-order valence-corrected chi connectivity index (χ1v) is 11.4. The van der Waals surface area contributed by atoms with Gasteiger partial charge in [0.15, 0.2) is 0 Å². The monoisotopic (exact) mass is 386 g/mol. The highest BCUT2D eigenvalue weighted by molar-refractivity contribution is 7.95. The van der Waals surface area contributed by atoms with Crippen LogP contribution >= 0.6 is 0 Å². The fourth-order valence-electron chi connectivity index (χ4n) is 3.65. The first-order chi connectivity index (χ1) is 12.4. The van der Waals surface area contributed by atoms with Gasteiger partial charge in [-0.2, -0.15) is 0 Å². The van der Waals surface area contributed by atoms with Crippen molar-refractivity contribution < 1.29 is 16.8 Å². The average molecular weight is 386 g/mol. The smallest absolute Gasteiger partial charge is 0.202 e. The number of hydrogen-bond acceptors (Lipinski definition) is 4. The third kappa shape index (κ3) is 2.83. The van der Waals surface area contributed by atoms with Crippen molar-refractivity contribution in [3.8, 4) is 0 Å². The summed E-state index contributed by atoms with van der Waals surface area (Å²) in [5.41, 5.74) is 0. The van der Waals surface area contributed by atoms with Crippen LogP contribution < -0.4 is 0 Å². The second-order valence-electron chi connectivity index (χ2n) is 6.64. The van der Waals surface area contributed by atoms with Crippen molar-refractivity contribution in [3.05, 3.63) is 82.6 Å². The lowest BCUT2D eigenvalue weighted by atomic mass is 10.00. The van der Waals surface area contributed by atoms with Gasteiger partial charge >= 0.3 is 0 Å². The zero-order valence-electron chi connectivity index (χ0n) is 13.9. The van der Waals surface area contributed by atoms with E-state index in [2.05, 4.69) is 0 Å². The van der Waals surface area contributed by atoms with Gasteiger partial charge in [-0.25, -0.2) is 16.8 Å². The first-order valence-electron chi connectivity index (χ1n) is 8.41. The van der Waals surface area contributed by atoms with E-state index in [-0.39, 0.29) is 21.6 Å². The summed E-state index contributed by atoms with van der Waals surface area (Å²) in [6, 6.07) is 16.7. The van der Waals surface area contributed by atoms with Crippen LogP contribution in [0.2, 0.25) is 0 Å². The van der Waals surface area contributed by atoms with Gasteiger partial charge in [-0.3, -0.25) is 0 Å². The van der Waals surface area contributed by atoms with Crippen LogP contribution in [0, 0.1) is 11.8 Å². The van der Waals surface area contributed by atoms with Gasteiger partial charge in [-0.05, 0) is 43.0 Å². The minimum absolute atomic E-state index is 0.00280. The van der Waals surface area contributed by atoms with Gasteiger partial charge in [0.25, 0.3) is 0 Å². The fourth-order valence-corrected chi connectivity index (χ4v) is 6.82. The molecular formula is C20H18O4S2. The molecule has 0 spiro atoms. The Hall–Kier alpha value is -2.18. The summed E-state index contributed by atoms with van der Waals surface area (Å²) in [4.78, 5) is 1.36. The van der Waals surface area contributed by atoms with Crippen molar-refractivity contribution in [2.45, 2.75) is 22.6 Å². The lowest BCUT2D eigenvalue weighted by Crippen LogP contribution is -2.07. The van der Waals surface area contributed by atoms with Gasteiger partial charge in [-0.15, -0.1) is 0 Å². The Labute approximate surface area is 153 Å². The van der Waals surface area contributed by atoms with E-state index in [4.69, 9.17) is 0 Å². The topological polar surface area (TPSA) is 68.3 Å². The standard InChI is InChI=1S/C20H18O4S2/c21-25(22,17-7-3-1-4-8-17)19-11-15-13-20(14-16(15)12-19)26(23,24)18-9-5-2-6-10-18/h1-11,13,15-16H,12,14H2. The Balaban J connectivity index is 1.64. The summed E-state index contributed by atoms with van der Waals surface area (Å²) >= 11 is 0. The van der Waals surface area contributed by atoms with Crippen LogP contribution in [0.3, 0.4) is 0 Å². The zero-order chi connectivity index (χ0) is 18.4. The summed E-state index contributed by atoms with van der Waals surface area (Å²) in [7, 11) is -7.01. The fraction of sp³-hybridized carbons (Fsp3) is 0.200. The van der Waals surface area contributed by atoms with Gasteiger partial charge in [0.05, 0.1) is 9.79 Å². The van der Waals surface area contributed by atoms with Crippen molar-refractivity contribution in [2.75, 3.05) is 0 Å². The van der Waals surface area contributed by atoms with Crippen LogP contribution in [0.5, 0.6) is 0 Å².